The van der Waals surface area contributed by atoms with Crippen molar-refractivity contribution in [1.82, 2.24) is 20.0 Å². The van der Waals surface area contributed by atoms with E-state index >= 15 is 0 Å². The van der Waals surface area contributed by atoms with E-state index < -0.39 is 5.91 Å². The summed E-state index contributed by atoms with van der Waals surface area (Å²) in [6, 6.07) is 4.67. The molecule has 0 aliphatic rings. The maximum absolute atomic E-state index is 12.0. The highest BCUT2D eigenvalue weighted by molar-refractivity contribution is 7.80. The van der Waals surface area contributed by atoms with Crippen molar-refractivity contribution in [2.75, 3.05) is 0 Å². The molecule has 0 aliphatic carbocycles. The van der Waals surface area contributed by atoms with E-state index in [-0.39, 0.29) is 16.3 Å². The van der Waals surface area contributed by atoms with Gasteiger partial charge in [0.1, 0.15) is 5.69 Å². The lowest BCUT2D eigenvalue weighted by atomic mass is 10.1. The summed E-state index contributed by atoms with van der Waals surface area (Å²) in [7, 11) is 0. The normalized spacial score (nSPS) is 10.2. The van der Waals surface area contributed by atoms with Crippen LogP contribution in [-0.4, -0.2) is 36.0 Å². The average Bonchev–Trinajstić information content (AvgIpc) is 2.91. The maximum Gasteiger partial charge on any atom is 0.276 e. The molecule has 0 radical (unpaired) electrons. The number of carbonyl (C=O) groups is 1. The number of aromatic hydroxyl groups is 1. The lowest BCUT2D eigenvalue weighted by Gasteiger charge is -2.16. The van der Waals surface area contributed by atoms with Crippen LogP contribution < -0.4 is 5.84 Å². The molecule has 98 valence electrons. The molecule has 0 saturated heterocycles. The Balaban J connectivity index is 2.46. The van der Waals surface area contributed by atoms with Crippen LogP contribution in [-0.2, 0) is 0 Å². The van der Waals surface area contributed by atoms with Crippen LogP contribution >= 0.6 is 12.2 Å². The highest BCUT2D eigenvalue weighted by atomic mass is 32.1. The summed E-state index contributed by atoms with van der Waals surface area (Å²) in [5.41, 5.74) is 0.374. The first-order valence-electron chi connectivity index (χ1n) is 5.30. The molecule has 0 saturated carbocycles. The fourth-order valence-electron chi connectivity index (χ4n) is 1.50. The van der Waals surface area contributed by atoms with Crippen LogP contribution in [0.15, 0.2) is 30.6 Å². The molecule has 2 rings (SSSR count). The van der Waals surface area contributed by atoms with Gasteiger partial charge in [-0.2, -0.15) is 0 Å². The number of hydrogen-bond donors (Lipinski definition) is 2. The number of hydrazine groups is 1. The van der Waals surface area contributed by atoms with Gasteiger partial charge in [-0.05, 0) is 19.1 Å². The highest BCUT2D eigenvalue weighted by Crippen LogP contribution is 2.26. The van der Waals surface area contributed by atoms with Gasteiger partial charge in [0.2, 0.25) is 0 Å². The van der Waals surface area contributed by atoms with E-state index in [1.165, 1.54) is 23.9 Å². The second kappa shape index (κ2) is 5.12. The van der Waals surface area contributed by atoms with Gasteiger partial charge in [0.25, 0.3) is 5.91 Å². The molecule has 0 atom stereocenters. The number of nitrogens with zero attached hydrogens (tertiary/aromatic N) is 4. The molecule has 7 nitrogen and oxygen atoms in total. The Morgan fingerprint density at radius 2 is 2.26 bits per heavy atom. The predicted molar refractivity (Wildman–Crippen MR) is 71.7 cm³/mol. The van der Waals surface area contributed by atoms with Gasteiger partial charge in [-0.25, -0.2) is 15.5 Å². The minimum absolute atomic E-state index is 0.0414. The number of phenolic OH excluding ortho intramolecular Hbond substituents is 1. The molecular weight excluding hydrogens is 266 g/mol. The van der Waals surface area contributed by atoms with Gasteiger partial charge >= 0.3 is 0 Å². The summed E-state index contributed by atoms with van der Waals surface area (Å²) < 4.78 is 1.34. The van der Waals surface area contributed by atoms with Gasteiger partial charge < -0.3 is 5.11 Å². The zero-order chi connectivity index (χ0) is 14.0. The number of rotatable bonds is 2. The number of aromatic nitrogens is 3. The molecule has 0 aliphatic heterocycles. The number of nitrogens with two attached hydrogens (primary N) is 1. The van der Waals surface area contributed by atoms with Crippen molar-refractivity contribution in [3.05, 3.63) is 36.2 Å². The summed E-state index contributed by atoms with van der Waals surface area (Å²) in [6.07, 6.45) is 3.01. The SMILES string of the molecule is CC(=S)N(N)C(=O)c1cccc(-n2ccnn2)c1O. The van der Waals surface area contributed by atoms with Crippen molar-refractivity contribution in [3.63, 3.8) is 0 Å². The lowest BCUT2D eigenvalue weighted by molar-refractivity contribution is 0.0846. The van der Waals surface area contributed by atoms with Crippen LogP contribution in [0, 0.1) is 0 Å². The van der Waals surface area contributed by atoms with Crippen LogP contribution in [0.4, 0.5) is 0 Å². The number of hydrogen-bond acceptors (Lipinski definition) is 6. The Hall–Kier alpha value is -2.32. The fraction of sp³-hybridized carbons (Fsp3) is 0.0909. The van der Waals surface area contributed by atoms with Crippen molar-refractivity contribution >= 4 is 23.1 Å². The second-order valence-electron chi connectivity index (χ2n) is 3.72. The Morgan fingerprint density at radius 1 is 1.53 bits per heavy atom. The number of carbonyl (C=O) groups excluding carboxylic acids is 1. The van der Waals surface area contributed by atoms with E-state index in [9.17, 15) is 9.90 Å². The van der Waals surface area contributed by atoms with Gasteiger partial charge in [-0.15, -0.1) is 5.10 Å². The first-order chi connectivity index (χ1) is 9.02. The molecule has 0 unspecified atom stereocenters. The summed E-state index contributed by atoms with van der Waals surface area (Å²) in [4.78, 5) is 12.2. The molecule has 1 heterocycles. The molecule has 19 heavy (non-hydrogen) atoms. The van der Waals surface area contributed by atoms with Gasteiger partial charge in [0, 0.05) is 0 Å². The predicted octanol–water partition coefficient (Wildman–Crippen LogP) is 0.636. The van der Waals surface area contributed by atoms with Crippen molar-refractivity contribution in [2.24, 2.45) is 5.84 Å². The van der Waals surface area contributed by atoms with Crippen molar-refractivity contribution in [2.45, 2.75) is 6.92 Å². The average molecular weight is 277 g/mol. The third-order valence-corrected chi connectivity index (χ3v) is 2.67. The number of phenols is 1. The summed E-state index contributed by atoms with van der Waals surface area (Å²) >= 11 is 4.82. The standard InChI is InChI=1S/C11H11N5O2S/c1-7(19)16(12)11(18)8-3-2-4-9(10(8)17)15-6-5-13-14-15/h2-6,17H,12H2,1H3. The van der Waals surface area contributed by atoms with Crippen molar-refractivity contribution in [3.8, 4) is 11.4 Å². The van der Waals surface area contributed by atoms with Crippen molar-refractivity contribution < 1.29 is 9.90 Å². The molecule has 1 amide bonds. The minimum Gasteiger partial charge on any atom is -0.505 e. The molecule has 8 heteroatoms. The summed E-state index contributed by atoms with van der Waals surface area (Å²) in [6.45, 7) is 1.52. The van der Waals surface area contributed by atoms with Gasteiger partial charge in [-0.1, -0.05) is 23.5 Å². The smallest absolute Gasteiger partial charge is 0.276 e. The second-order valence-corrected chi connectivity index (χ2v) is 4.31. The monoisotopic (exact) mass is 277 g/mol. The highest BCUT2D eigenvalue weighted by Gasteiger charge is 2.20. The third kappa shape index (κ3) is 2.44. The topological polar surface area (TPSA) is 97.3 Å². The van der Waals surface area contributed by atoms with Gasteiger partial charge in [-0.3, -0.25) is 4.79 Å². The number of para-hydroxylation sites is 1. The molecule has 0 fully saturated rings. The molecule has 0 bridgehead atoms. The van der Waals surface area contributed by atoms with E-state index in [0.29, 0.717) is 5.69 Å². The van der Waals surface area contributed by atoms with E-state index in [0.717, 1.165) is 5.01 Å². The summed E-state index contributed by atoms with van der Waals surface area (Å²) in [5.74, 6) is 4.70. The molecule has 1 aromatic carbocycles. The maximum atomic E-state index is 12.0. The van der Waals surface area contributed by atoms with Crippen LogP contribution in [0.5, 0.6) is 5.75 Å². The van der Waals surface area contributed by atoms with Gasteiger partial charge in [0.15, 0.2) is 5.75 Å². The molecule has 3 N–H and O–H groups in total. The minimum atomic E-state index is -0.591. The van der Waals surface area contributed by atoms with Crippen LogP contribution in [0.3, 0.4) is 0 Å². The van der Waals surface area contributed by atoms with Crippen LogP contribution in [0.2, 0.25) is 0 Å². The van der Waals surface area contributed by atoms with E-state index in [2.05, 4.69) is 10.3 Å². The Bertz CT molecular complexity index is 626. The summed E-state index contributed by atoms with van der Waals surface area (Å²) in [5, 5.41) is 18.3. The molecule has 0 spiro atoms. The third-order valence-electron chi connectivity index (χ3n) is 2.47. The van der Waals surface area contributed by atoms with E-state index in [1.807, 2.05) is 0 Å². The Kier molecular flexibility index (Phi) is 3.54. The lowest BCUT2D eigenvalue weighted by Crippen LogP contribution is -2.40. The van der Waals surface area contributed by atoms with E-state index in [1.54, 1.807) is 18.3 Å². The molecular formula is C11H11N5O2S. The zero-order valence-electron chi connectivity index (χ0n) is 10.0. The number of benzene rings is 1. The first kappa shape index (κ1) is 13.1. The van der Waals surface area contributed by atoms with E-state index in [4.69, 9.17) is 18.1 Å². The van der Waals surface area contributed by atoms with Gasteiger partial charge in [0.05, 0.1) is 22.9 Å². The number of thiocarbonyl (C=S) groups is 1. The largest absolute Gasteiger partial charge is 0.505 e. The molecule has 2 aromatic rings. The van der Waals surface area contributed by atoms with Crippen molar-refractivity contribution in [1.29, 1.82) is 0 Å². The Labute approximate surface area is 114 Å². The quantitative estimate of drug-likeness (QED) is 0.362. The number of amides is 1. The Morgan fingerprint density at radius 3 is 2.84 bits per heavy atom. The first-order valence-corrected chi connectivity index (χ1v) is 5.71. The van der Waals surface area contributed by atoms with Crippen LogP contribution in [0.1, 0.15) is 17.3 Å². The van der Waals surface area contributed by atoms with Crippen LogP contribution in [0.25, 0.3) is 5.69 Å². The fourth-order valence-corrected chi connectivity index (χ4v) is 1.58. The molecule has 1 aromatic heterocycles. The zero-order valence-corrected chi connectivity index (χ0v) is 10.8.